The van der Waals surface area contributed by atoms with Crippen LogP contribution in [0.25, 0.3) is 0 Å². The first kappa shape index (κ1) is 13.3. The molecule has 0 spiro atoms. The molecular formula is C17H17NOS. The minimum absolute atomic E-state index is 0.168. The van der Waals surface area contributed by atoms with Crippen molar-refractivity contribution in [1.29, 1.82) is 0 Å². The van der Waals surface area contributed by atoms with Gasteiger partial charge in [-0.2, -0.15) is 0 Å². The minimum atomic E-state index is -0.168. The van der Waals surface area contributed by atoms with Crippen molar-refractivity contribution < 1.29 is 4.79 Å². The van der Waals surface area contributed by atoms with Gasteiger partial charge in [-0.05, 0) is 36.5 Å². The van der Waals surface area contributed by atoms with E-state index in [9.17, 15) is 4.79 Å². The summed E-state index contributed by atoms with van der Waals surface area (Å²) in [6.07, 6.45) is 2.88. The number of fused-ring (bicyclic) bond motifs is 1. The molecule has 3 rings (SSSR count). The number of rotatable bonds is 2. The van der Waals surface area contributed by atoms with Crippen molar-refractivity contribution in [2.45, 2.75) is 25.3 Å². The second kappa shape index (κ2) is 5.71. The standard InChI is InChI=1S/C17H17NOS/c19-17(20)18-15(12-13-6-2-1-3-7-13)11-10-14-8-4-5-9-16(14)18/h1-9,15H,10-12H2,(H,19,20). The van der Waals surface area contributed by atoms with Crippen LogP contribution in [0.15, 0.2) is 54.6 Å². The highest BCUT2D eigenvalue weighted by Crippen LogP contribution is 2.32. The van der Waals surface area contributed by atoms with E-state index in [2.05, 4.69) is 30.8 Å². The number of hydrogen-bond donors (Lipinski definition) is 1. The van der Waals surface area contributed by atoms with Crippen molar-refractivity contribution in [3.05, 3.63) is 65.7 Å². The van der Waals surface area contributed by atoms with Crippen molar-refractivity contribution in [3.8, 4) is 0 Å². The molecule has 2 nitrogen and oxygen atoms in total. The van der Waals surface area contributed by atoms with Crippen molar-refractivity contribution in [1.82, 2.24) is 0 Å². The fraction of sp³-hybridized carbons (Fsp3) is 0.235. The Labute approximate surface area is 124 Å². The predicted molar refractivity (Wildman–Crippen MR) is 85.6 cm³/mol. The molecule has 1 atom stereocenters. The van der Waals surface area contributed by atoms with Crippen LogP contribution in [0.4, 0.5) is 10.5 Å². The highest BCUT2D eigenvalue weighted by Gasteiger charge is 2.29. The number of aryl methyl sites for hydroxylation is 1. The van der Waals surface area contributed by atoms with E-state index in [1.807, 2.05) is 41.3 Å². The summed E-state index contributed by atoms with van der Waals surface area (Å²) in [5.74, 6) is 0. The molecule has 0 aliphatic carbocycles. The van der Waals surface area contributed by atoms with E-state index in [0.717, 1.165) is 24.9 Å². The first-order chi connectivity index (χ1) is 9.75. The normalized spacial score (nSPS) is 17.6. The average Bonchev–Trinajstić information content (AvgIpc) is 2.47. The van der Waals surface area contributed by atoms with Gasteiger partial charge < -0.3 is 0 Å². The maximum absolute atomic E-state index is 12.0. The summed E-state index contributed by atoms with van der Waals surface area (Å²) in [5, 5.41) is -0.168. The average molecular weight is 283 g/mol. The summed E-state index contributed by atoms with van der Waals surface area (Å²) >= 11 is 4.08. The number of anilines is 1. The highest BCUT2D eigenvalue weighted by molar-refractivity contribution is 7.96. The van der Waals surface area contributed by atoms with Gasteiger partial charge in [-0.1, -0.05) is 61.2 Å². The third-order valence-corrected chi connectivity index (χ3v) is 4.10. The number of amides is 1. The van der Waals surface area contributed by atoms with Crippen LogP contribution in [0.1, 0.15) is 17.5 Å². The predicted octanol–water partition coefficient (Wildman–Crippen LogP) is 4.10. The maximum Gasteiger partial charge on any atom is 0.283 e. The third kappa shape index (κ3) is 2.59. The third-order valence-electron chi connectivity index (χ3n) is 3.88. The molecule has 2 aromatic rings. The summed E-state index contributed by atoms with van der Waals surface area (Å²) in [6, 6.07) is 18.6. The lowest BCUT2D eigenvalue weighted by Crippen LogP contribution is -2.42. The zero-order valence-corrected chi connectivity index (χ0v) is 12.1. The Hall–Kier alpha value is -1.74. The second-order valence-corrected chi connectivity index (χ2v) is 5.55. The quantitative estimate of drug-likeness (QED) is 0.823. The molecule has 3 heteroatoms. The first-order valence-electron chi connectivity index (χ1n) is 6.89. The number of carbonyl (C=O) groups is 1. The Morgan fingerprint density at radius 1 is 1.10 bits per heavy atom. The number of para-hydroxylation sites is 1. The zero-order chi connectivity index (χ0) is 13.9. The summed E-state index contributed by atoms with van der Waals surface area (Å²) in [4.78, 5) is 13.8. The molecule has 2 aromatic carbocycles. The van der Waals surface area contributed by atoms with Crippen LogP contribution in [-0.2, 0) is 12.8 Å². The molecule has 1 aliphatic heterocycles. The molecule has 0 fully saturated rings. The lowest BCUT2D eigenvalue weighted by atomic mass is 9.92. The van der Waals surface area contributed by atoms with Gasteiger partial charge in [0.25, 0.3) is 5.24 Å². The maximum atomic E-state index is 12.0. The van der Waals surface area contributed by atoms with Gasteiger partial charge in [0.1, 0.15) is 0 Å². The molecule has 20 heavy (non-hydrogen) atoms. The Morgan fingerprint density at radius 2 is 1.80 bits per heavy atom. The van der Waals surface area contributed by atoms with Crippen molar-refractivity contribution in [2.75, 3.05) is 4.90 Å². The molecule has 102 valence electrons. The van der Waals surface area contributed by atoms with Crippen LogP contribution in [0, 0.1) is 0 Å². The zero-order valence-electron chi connectivity index (χ0n) is 11.2. The molecule has 0 aromatic heterocycles. The number of nitrogens with zero attached hydrogens (tertiary/aromatic N) is 1. The van der Waals surface area contributed by atoms with Crippen LogP contribution in [0.2, 0.25) is 0 Å². The topological polar surface area (TPSA) is 20.3 Å². The van der Waals surface area contributed by atoms with E-state index in [-0.39, 0.29) is 11.3 Å². The van der Waals surface area contributed by atoms with Gasteiger partial charge in [0.2, 0.25) is 0 Å². The monoisotopic (exact) mass is 283 g/mol. The molecule has 0 radical (unpaired) electrons. The van der Waals surface area contributed by atoms with E-state index in [4.69, 9.17) is 0 Å². The Kier molecular flexibility index (Phi) is 3.79. The molecule has 0 N–H and O–H groups in total. The molecule has 1 aliphatic rings. The lowest BCUT2D eigenvalue weighted by molar-refractivity contribution is 0.262. The van der Waals surface area contributed by atoms with E-state index < -0.39 is 0 Å². The number of carbonyl (C=O) groups excluding carboxylic acids is 1. The highest BCUT2D eigenvalue weighted by atomic mass is 32.1. The lowest BCUT2D eigenvalue weighted by Gasteiger charge is -2.36. The van der Waals surface area contributed by atoms with Gasteiger partial charge >= 0.3 is 0 Å². The molecule has 1 unspecified atom stereocenters. The van der Waals surface area contributed by atoms with Crippen LogP contribution < -0.4 is 4.90 Å². The van der Waals surface area contributed by atoms with E-state index in [1.165, 1.54) is 11.1 Å². The minimum Gasteiger partial charge on any atom is -0.300 e. The molecular weight excluding hydrogens is 266 g/mol. The number of benzene rings is 2. The van der Waals surface area contributed by atoms with Gasteiger partial charge in [-0.3, -0.25) is 9.69 Å². The molecule has 1 heterocycles. The van der Waals surface area contributed by atoms with Crippen molar-refractivity contribution >= 4 is 23.6 Å². The van der Waals surface area contributed by atoms with Crippen LogP contribution in [-0.4, -0.2) is 11.3 Å². The van der Waals surface area contributed by atoms with E-state index in [1.54, 1.807) is 0 Å². The largest absolute Gasteiger partial charge is 0.300 e. The van der Waals surface area contributed by atoms with Gasteiger partial charge in [-0.25, -0.2) is 0 Å². The summed E-state index contributed by atoms with van der Waals surface area (Å²) in [7, 11) is 0. The van der Waals surface area contributed by atoms with Crippen LogP contribution in [0.5, 0.6) is 0 Å². The summed E-state index contributed by atoms with van der Waals surface area (Å²) < 4.78 is 0. The summed E-state index contributed by atoms with van der Waals surface area (Å²) in [6.45, 7) is 0. The molecule has 1 amide bonds. The second-order valence-electron chi connectivity index (χ2n) is 5.16. The molecule has 0 saturated carbocycles. The Morgan fingerprint density at radius 3 is 2.55 bits per heavy atom. The van der Waals surface area contributed by atoms with Crippen LogP contribution >= 0.6 is 12.6 Å². The van der Waals surface area contributed by atoms with Gasteiger partial charge in [0.05, 0.1) is 0 Å². The van der Waals surface area contributed by atoms with Crippen molar-refractivity contribution in [2.24, 2.45) is 0 Å². The van der Waals surface area contributed by atoms with E-state index >= 15 is 0 Å². The van der Waals surface area contributed by atoms with Crippen molar-refractivity contribution in [3.63, 3.8) is 0 Å². The fourth-order valence-corrected chi connectivity index (χ4v) is 3.21. The van der Waals surface area contributed by atoms with Gasteiger partial charge in [-0.15, -0.1) is 0 Å². The molecule has 0 saturated heterocycles. The SMILES string of the molecule is O=C(S)N1c2ccccc2CCC1Cc1ccccc1. The Bertz CT molecular complexity index is 611. The smallest absolute Gasteiger partial charge is 0.283 e. The summed E-state index contributed by atoms with van der Waals surface area (Å²) in [5.41, 5.74) is 3.51. The van der Waals surface area contributed by atoms with E-state index in [0.29, 0.717) is 0 Å². The van der Waals surface area contributed by atoms with Gasteiger partial charge in [0.15, 0.2) is 0 Å². The molecule has 0 bridgehead atoms. The Balaban J connectivity index is 1.91. The number of thiol groups is 1. The first-order valence-corrected chi connectivity index (χ1v) is 7.34. The van der Waals surface area contributed by atoms with Crippen LogP contribution in [0.3, 0.4) is 0 Å². The fourth-order valence-electron chi connectivity index (χ4n) is 2.94. The van der Waals surface area contributed by atoms with Gasteiger partial charge in [0, 0.05) is 11.7 Å². The number of hydrogen-bond acceptors (Lipinski definition) is 1.